The van der Waals surface area contributed by atoms with E-state index in [1.165, 1.54) is 10.5 Å². The van der Waals surface area contributed by atoms with E-state index in [1.807, 2.05) is 0 Å². The molecule has 1 aromatic rings. The minimum absolute atomic E-state index is 0.0423. The normalized spacial score (nSPS) is 19.8. The van der Waals surface area contributed by atoms with E-state index in [9.17, 15) is 0 Å². The fourth-order valence-electron chi connectivity index (χ4n) is 1.35. The van der Waals surface area contributed by atoms with Gasteiger partial charge in [0.2, 0.25) is 0 Å². The Hall–Kier alpha value is -1.14. The van der Waals surface area contributed by atoms with Gasteiger partial charge in [0.15, 0.2) is 0 Å². The molecular formula is C10H10N2S. The van der Waals surface area contributed by atoms with Crippen LogP contribution in [0, 0.1) is 18.3 Å². The highest BCUT2D eigenvalue weighted by Gasteiger charge is 2.16. The lowest BCUT2D eigenvalue weighted by atomic mass is 10.2. The fraction of sp³-hybridized carbons (Fsp3) is 0.300. The van der Waals surface area contributed by atoms with Crippen LogP contribution < -0.4 is 5.32 Å². The number of aryl methyl sites for hydroxylation is 1. The third-order valence-electron chi connectivity index (χ3n) is 2.03. The summed E-state index contributed by atoms with van der Waals surface area (Å²) in [6, 6.07) is 8.48. The monoisotopic (exact) mass is 190 g/mol. The Balaban J connectivity index is 2.34. The van der Waals surface area contributed by atoms with Crippen molar-refractivity contribution in [2.75, 3.05) is 11.1 Å². The topological polar surface area (TPSA) is 35.8 Å². The van der Waals surface area contributed by atoms with Crippen LogP contribution in [0.25, 0.3) is 0 Å². The van der Waals surface area contributed by atoms with Crippen molar-refractivity contribution in [3.63, 3.8) is 0 Å². The van der Waals surface area contributed by atoms with Gasteiger partial charge in [0, 0.05) is 16.3 Å². The van der Waals surface area contributed by atoms with E-state index in [0.29, 0.717) is 0 Å². The van der Waals surface area contributed by atoms with E-state index < -0.39 is 0 Å². The summed E-state index contributed by atoms with van der Waals surface area (Å²) in [6.07, 6.45) is 0. The number of nitrogens with zero attached hydrogens (tertiary/aromatic N) is 1. The van der Waals surface area contributed by atoms with Gasteiger partial charge in [-0.15, -0.1) is 11.8 Å². The van der Waals surface area contributed by atoms with Crippen molar-refractivity contribution in [3.8, 4) is 6.07 Å². The van der Waals surface area contributed by atoms with Gasteiger partial charge in [-0.3, -0.25) is 0 Å². The first-order valence-electron chi connectivity index (χ1n) is 4.19. The molecule has 0 saturated carbocycles. The smallest absolute Gasteiger partial charge is 0.124 e. The third kappa shape index (κ3) is 1.63. The maximum absolute atomic E-state index is 8.76. The van der Waals surface area contributed by atoms with Gasteiger partial charge in [0.05, 0.1) is 6.07 Å². The summed E-state index contributed by atoms with van der Waals surface area (Å²) in [5.74, 6) is 0.840. The van der Waals surface area contributed by atoms with Crippen LogP contribution in [0.15, 0.2) is 23.1 Å². The van der Waals surface area contributed by atoms with Crippen LogP contribution in [-0.4, -0.2) is 11.8 Å². The Bertz CT molecular complexity index is 368. The molecule has 3 heteroatoms. The second-order valence-electron chi connectivity index (χ2n) is 3.14. The predicted molar refractivity (Wildman–Crippen MR) is 54.9 cm³/mol. The molecule has 1 unspecified atom stereocenters. The number of hydrogen-bond donors (Lipinski definition) is 1. The standard InChI is InChI=1S/C10H10N2S/c1-7-2-3-10-9(4-7)12-8(5-11)6-13-10/h2-4,8,12H,6H2,1H3. The number of nitrogens with one attached hydrogen (secondary N) is 1. The summed E-state index contributed by atoms with van der Waals surface area (Å²) in [6.45, 7) is 2.06. The van der Waals surface area contributed by atoms with Crippen molar-refractivity contribution in [1.29, 1.82) is 5.26 Å². The van der Waals surface area contributed by atoms with Crippen LogP contribution in [0.5, 0.6) is 0 Å². The average molecular weight is 190 g/mol. The van der Waals surface area contributed by atoms with E-state index in [2.05, 4.69) is 36.5 Å². The molecule has 0 saturated heterocycles. The molecule has 0 amide bonds. The van der Waals surface area contributed by atoms with Crippen LogP contribution in [0.4, 0.5) is 5.69 Å². The lowest BCUT2D eigenvalue weighted by molar-refractivity contribution is 0.996. The molecule has 1 heterocycles. The summed E-state index contributed by atoms with van der Waals surface area (Å²) in [7, 11) is 0. The number of rotatable bonds is 0. The molecule has 13 heavy (non-hydrogen) atoms. The Morgan fingerprint density at radius 1 is 1.62 bits per heavy atom. The van der Waals surface area contributed by atoms with Crippen molar-refractivity contribution in [2.24, 2.45) is 0 Å². The molecule has 2 rings (SSSR count). The van der Waals surface area contributed by atoms with Gasteiger partial charge < -0.3 is 5.32 Å². The molecule has 66 valence electrons. The number of benzene rings is 1. The number of fused-ring (bicyclic) bond motifs is 1. The minimum atomic E-state index is -0.0423. The van der Waals surface area contributed by atoms with Gasteiger partial charge in [-0.2, -0.15) is 5.26 Å². The van der Waals surface area contributed by atoms with Gasteiger partial charge in [0.1, 0.15) is 6.04 Å². The first-order chi connectivity index (χ1) is 6.29. The first kappa shape index (κ1) is 8.46. The van der Waals surface area contributed by atoms with E-state index in [1.54, 1.807) is 11.8 Å². The zero-order chi connectivity index (χ0) is 9.26. The number of thioether (sulfide) groups is 1. The number of hydrogen-bond acceptors (Lipinski definition) is 3. The van der Waals surface area contributed by atoms with Crippen molar-refractivity contribution in [3.05, 3.63) is 23.8 Å². The molecule has 0 aliphatic carbocycles. The second-order valence-corrected chi connectivity index (χ2v) is 4.20. The van der Waals surface area contributed by atoms with E-state index >= 15 is 0 Å². The van der Waals surface area contributed by atoms with Crippen LogP contribution in [-0.2, 0) is 0 Å². The van der Waals surface area contributed by atoms with Crippen LogP contribution in [0.1, 0.15) is 5.56 Å². The third-order valence-corrected chi connectivity index (χ3v) is 3.19. The van der Waals surface area contributed by atoms with Gasteiger partial charge in [-0.1, -0.05) is 6.07 Å². The van der Waals surface area contributed by atoms with Crippen LogP contribution >= 0.6 is 11.8 Å². The Kier molecular flexibility index (Phi) is 2.15. The Labute approximate surface area is 82.0 Å². The van der Waals surface area contributed by atoms with Gasteiger partial charge in [-0.05, 0) is 24.6 Å². The van der Waals surface area contributed by atoms with Crippen LogP contribution in [0.2, 0.25) is 0 Å². The predicted octanol–water partition coefficient (Wildman–Crippen LogP) is 2.40. The van der Waals surface area contributed by atoms with E-state index in [0.717, 1.165) is 11.4 Å². The molecular weight excluding hydrogens is 180 g/mol. The van der Waals surface area contributed by atoms with Crippen LogP contribution in [0.3, 0.4) is 0 Å². The van der Waals surface area contributed by atoms with Gasteiger partial charge >= 0.3 is 0 Å². The maximum Gasteiger partial charge on any atom is 0.124 e. The van der Waals surface area contributed by atoms with Crippen molar-refractivity contribution < 1.29 is 0 Å². The summed E-state index contributed by atoms with van der Waals surface area (Å²) in [5, 5.41) is 12.0. The Morgan fingerprint density at radius 2 is 2.46 bits per heavy atom. The molecule has 0 spiro atoms. The van der Waals surface area contributed by atoms with Crippen molar-refractivity contribution in [1.82, 2.24) is 0 Å². The fourth-order valence-corrected chi connectivity index (χ4v) is 2.30. The lowest BCUT2D eigenvalue weighted by Crippen LogP contribution is -2.23. The zero-order valence-electron chi connectivity index (χ0n) is 7.37. The summed E-state index contributed by atoms with van der Waals surface area (Å²) in [4.78, 5) is 1.25. The maximum atomic E-state index is 8.76. The van der Waals surface area contributed by atoms with Gasteiger partial charge in [0.25, 0.3) is 0 Å². The minimum Gasteiger partial charge on any atom is -0.368 e. The zero-order valence-corrected chi connectivity index (χ0v) is 8.19. The SMILES string of the molecule is Cc1ccc2c(c1)NC(C#N)CS2. The second kappa shape index (κ2) is 3.31. The average Bonchev–Trinajstić information content (AvgIpc) is 2.16. The summed E-state index contributed by atoms with van der Waals surface area (Å²) >= 11 is 1.75. The summed E-state index contributed by atoms with van der Waals surface area (Å²) < 4.78 is 0. The molecule has 1 N–H and O–H groups in total. The highest BCUT2D eigenvalue weighted by atomic mass is 32.2. The number of nitriles is 1. The molecule has 2 nitrogen and oxygen atoms in total. The highest BCUT2D eigenvalue weighted by Crippen LogP contribution is 2.33. The highest BCUT2D eigenvalue weighted by molar-refractivity contribution is 7.99. The largest absolute Gasteiger partial charge is 0.368 e. The molecule has 1 aromatic carbocycles. The molecule has 0 fully saturated rings. The molecule has 1 atom stereocenters. The Morgan fingerprint density at radius 3 is 3.23 bits per heavy atom. The molecule has 0 aromatic heterocycles. The van der Waals surface area contributed by atoms with Gasteiger partial charge in [-0.25, -0.2) is 0 Å². The molecule has 0 bridgehead atoms. The summed E-state index contributed by atoms with van der Waals surface area (Å²) in [5.41, 5.74) is 2.33. The molecule has 1 aliphatic heterocycles. The lowest BCUT2D eigenvalue weighted by Gasteiger charge is -2.21. The molecule has 1 aliphatic rings. The molecule has 0 radical (unpaired) electrons. The van der Waals surface area contributed by atoms with E-state index in [-0.39, 0.29) is 6.04 Å². The first-order valence-corrected chi connectivity index (χ1v) is 5.18. The number of anilines is 1. The van der Waals surface area contributed by atoms with Crippen molar-refractivity contribution in [2.45, 2.75) is 17.9 Å². The quantitative estimate of drug-likeness (QED) is 0.682. The van der Waals surface area contributed by atoms with Crippen molar-refractivity contribution >= 4 is 17.4 Å². The van der Waals surface area contributed by atoms with E-state index in [4.69, 9.17) is 5.26 Å².